The highest BCUT2D eigenvalue weighted by Gasteiger charge is 2.43. The fourth-order valence-electron chi connectivity index (χ4n) is 3.24. The Labute approximate surface area is 124 Å². The number of halogens is 1. The molecule has 0 amide bonds. The Kier molecular flexibility index (Phi) is 4.87. The summed E-state index contributed by atoms with van der Waals surface area (Å²) in [5.41, 5.74) is 1.67. The van der Waals surface area contributed by atoms with E-state index in [0.717, 1.165) is 16.8 Å². The molecule has 106 valence electrons. The molecule has 0 aliphatic heterocycles. The van der Waals surface area contributed by atoms with E-state index < -0.39 is 0 Å². The van der Waals surface area contributed by atoms with Crippen LogP contribution in [0.25, 0.3) is 0 Å². The molecule has 2 rings (SSSR count). The van der Waals surface area contributed by atoms with Gasteiger partial charge in [-0.2, -0.15) is 0 Å². The normalized spacial score (nSPS) is 18.7. The van der Waals surface area contributed by atoms with E-state index >= 15 is 0 Å². The Hall–Kier alpha value is -0.580. The van der Waals surface area contributed by atoms with E-state index in [0.29, 0.717) is 11.5 Å². The lowest BCUT2D eigenvalue weighted by atomic mass is 9.62. The third-order valence-corrected chi connectivity index (χ3v) is 4.91. The van der Waals surface area contributed by atoms with Gasteiger partial charge in [0.15, 0.2) is 0 Å². The first kappa shape index (κ1) is 14.8. The van der Waals surface area contributed by atoms with Gasteiger partial charge in [-0.25, -0.2) is 0 Å². The maximum atomic E-state index is 5.31. The number of benzene rings is 1. The second kappa shape index (κ2) is 6.25. The summed E-state index contributed by atoms with van der Waals surface area (Å²) < 4.78 is 6.33. The Balaban J connectivity index is 2.28. The standard InChI is InChI=1S/C15H23BrN2O/c1-17-10-15(7-4-8-15)14(18-2)11-5-6-13(19-3)12(16)9-11/h5-6,9,14,17-18H,4,7-8,10H2,1-3H3. The van der Waals surface area contributed by atoms with Crippen LogP contribution in [0.3, 0.4) is 0 Å². The van der Waals surface area contributed by atoms with Gasteiger partial charge in [-0.05, 0) is 60.6 Å². The average Bonchev–Trinajstić information content (AvgIpc) is 2.36. The summed E-state index contributed by atoms with van der Waals surface area (Å²) in [4.78, 5) is 0. The molecule has 1 atom stereocenters. The topological polar surface area (TPSA) is 33.3 Å². The van der Waals surface area contributed by atoms with Gasteiger partial charge in [0.05, 0.1) is 11.6 Å². The van der Waals surface area contributed by atoms with Crippen LogP contribution in [0.5, 0.6) is 5.75 Å². The molecule has 0 aromatic heterocycles. The lowest BCUT2D eigenvalue weighted by Gasteiger charge is -2.48. The molecule has 0 saturated heterocycles. The zero-order chi connectivity index (χ0) is 13.9. The highest BCUT2D eigenvalue weighted by atomic mass is 79.9. The van der Waals surface area contributed by atoms with Crippen LogP contribution in [0.2, 0.25) is 0 Å². The number of hydrogen-bond acceptors (Lipinski definition) is 3. The molecule has 1 fully saturated rings. The number of ether oxygens (including phenoxy) is 1. The number of methoxy groups -OCH3 is 1. The summed E-state index contributed by atoms with van der Waals surface area (Å²) in [5.74, 6) is 0.884. The van der Waals surface area contributed by atoms with Gasteiger partial charge in [0.2, 0.25) is 0 Å². The van der Waals surface area contributed by atoms with Crippen LogP contribution in [0, 0.1) is 5.41 Å². The fraction of sp³-hybridized carbons (Fsp3) is 0.600. The molecule has 0 heterocycles. The molecule has 1 aromatic carbocycles. The van der Waals surface area contributed by atoms with Crippen LogP contribution >= 0.6 is 15.9 Å². The molecule has 4 heteroatoms. The zero-order valence-electron chi connectivity index (χ0n) is 11.9. The highest BCUT2D eigenvalue weighted by molar-refractivity contribution is 9.10. The summed E-state index contributed by atoms with van der Waals surface area (Å²) in [6.45, 7) is 1.06. The molecule has 1 aliphatic carbocycles. The van der Waals surface area contributed by atoms with Crippen molar-refractivity contribution in [3.05, 3.63) is 28.2 Å². The first-order valence-corrected chi connectivity index (χ1v) is 7.61. The number of hydrogen-bond donors (Lipinski definition) is 2. The smallest absolute Gasteiger partial charge is 0.133 e. The van der Waals surface area contributed by atoms with Crippen molar-refractivity contribution >= 4 is 15.9 Å². The SMILES string of the molecule is CNCC1(C(NC)c2ccc(OC)c(Br)c2)CCC1. The third kappa shape index (κ3) is 2.81. The van der Waals surface area contributed by atoms with E-state index in [4.69, 9.17) is 4.74 Å². The molecule has 3 nitrogen and oxygen atoms in total. The van der Waals surface area contributed by atoms with E-state index in [1.807, 2.05) is 13.1 Å². The quantitative estimate of drug-likeness (QED) is 0.842. The van der Waals surface area contributed by atoms with Gasteiger partial charge < -0.3 is 15.4 Å². The predicted molar refractivity (Wildman–Crippen MR) is 82.7 cm³/mol. The monoisotopic (exact) mass is 326 g/mol. The van der Waals surface area contributed by atoms with Crippen LogP contribution in [0.4, 0.5) is 0 Å². The first-order chi connectivity index (χ1) is 9.16. The molecule has 0 bridgehead atoms. The van der Waals surface area contributed by atoms with Crippen molar-refractivity contribution in [3.63, 3.8) is 0 Å². The van der Waals surface area contributed by atoms with Gasteiger partial charge in [-0.3, -0.25) is 0 Å². The largest absolute Gasteiger partial charge is 0.496 e. The van der Waals surface area contributed by atoms with Gasteiger partial charge in [-0.1, -0.05) is 12.5 Å². The molecule has 19 heavy (non-hydrogen) atoms. The van der Waals surface area contributed by atoms with Gasteiger partial charge in [-0.15, -0.1) is 0 Å². The van der Waals surface area contributed by atoms with E-state index in [1.54, 1.807) is 7.11 Å². The maximum Gasteiger partial charge on any atom is 0.133 e. The third-order valence-electron chi connectivity index (χ3n) is 4.29. The van der Waals surface area contributed by atoms with Crippen LogP contribution < -0.4 is 15.4 Å². The van der Waals surface area contributed by atoms with Gasteiger partial charge >= 0.3 is 0 Å². The minimum absolute atomic E-state index is 0.345. The zero-order valence-corrected chi connectivity index (χ0v) is 13.5. The Bertz CT molecular complexity index is 432. The van der Waals surface area contributed by atoms with Crippen molar-refractivity contribution in [1.82, 2.24) is 10.6 Å². The first-order valence-electron chi connectivity index (χ1n) is 6.82. The van der Waals surface area contributed by atoms with Crippen molar-refractivity contribution in [2.45, 2.75) is 25.3 Å². The molecule has 1 saturated carbocycles. The lowest BCUT2D eigenvalue weighted by molar-refractivity contribution is 0.0788. The molecule has 2 N–H and O–H groups in total. The number of rotatable bonds is 6. The van der Waals surface area contributed by atoms with Crippen molar-refractivity contribution in [2.75, 3.05) is 27.7 Å². The summed E-state index contributed by atoms with van der Waals surface area (Å²) in [7, 11) is 5.79. The Morgan fingerprint density at radius 3 is 2.53 bits per heavy atom. The maximum absolute atomic E-state index is 5.31. The molecule has 1 unspecified atom stereocenters. The molecule has 1 aromatic rings. The second-order valence-corrected chi connectivity index (χ2v) is 6.22. The second-order valence-electron chi connectivity index (χ2n) is 5.36. The molecule has 0 spiro atoms. The minimum atomic E-state index is 0.345. The lowest BCUT2D eigenvalue weighted by Crippen LogP contribution is -2.47. The molecular formula is C15H23BrN2O. The number of nitrogens with one attached hydrogen (secondary N) is 2. The van der Waals surface area contributed by atoms with Crippen LogP contribution in [0.1, 0.15) is 30.9 Å². The van der Waals surface area contributed by atoms with E-state index in [9.17, 15) is 0 Å². The van der Waals surface area contributed by atoms with E-state index in [2.05, 4.69) is 45.7 Å². The predicted octanol–water partition coefficient (Wildman–Crippen LogP) is 3.11. The van der Waals surface area contributed by atoms with Crippen molar-refractivity contribution in [3.8, 4) is 5.75 Å². The minimum Gasteiger partial charge on any atom is -0.496 e. The van der Waals surface area contributed by atoms with Gasteiger partial charge in [0.1, 0.15) is 5.75 Å². The Morgan fingerprint density at radius 1 is 1.37 bits per heavy atom. The molecular weight excluding hydrogens is 304 g/mol. The molecule has 1 aliphatic rings. The summed E-state index contributed by atoms with van der Waals surface area (Å²) in [6.07, 6.45) is 3.89. The van der Waals surface area contributed by atoms with Gasteiger partial charge in [0, 0.05) is 18.0 Å². The summed E-state index contributed by atoms with van der Waals surface area (Å²) in [6, 6.07) is 6.77. The van der Waals surface area contributed by atoms with Crippen molar-refractivity contribution in [1.29, 1.82) is 0 Å². The van der Waals surface area contributed by atoms with Crippen LogP contribution in [-0.4, -0.2) is 27.7 Å². The molecule has 0 radical (unpaired) electrons. The highest BCUT2D eigenvalue weighted by Crippen LogP contribution is 2.50. The van der Waals surface area contributed by atoms with E-state index in [-0.39, 0.29) is 0 Å². The fourth-order valence-corrected chi connectivity index (χ4v) is 3.80. The van der Waals surface area contributed by atoms with Crippen LogP contribution in [0.15, 0.2) is 22.7 Å². The van der Waals surface area contributed by atoms with Gasteiger partial charge in [0.25, 0.3) is 0 Å². The summed E-state index contributed by atoms with van der Waals surface area (Å²) >= 11 is 3.58. The van der Waals surface area contributed by atoms with E-state index in [1.165, 1.54) is 24.8 Å². The van der Waals surface area contributed by atoms with Crippen molar-refractivity contribution < 1.29 is 4.74 Å². The average molecular weight is 327 g/mol. The summed E-state index contributed by atoms with van der Waals surface area (Å²) in [5, 5.41) is 6.86. The van der Waals surface area contributed by atoms with Crippen LogP contribution in [-0.2, 0) is 0 Å². The van der Waals surface area contributed by atoms with Crippen molar-refractivity contribution in [2.24, 2.45) is 5.41 Å². The Morgan fingerprint density at radius 2 is 2.11 bits per heavy atom.